The molecule has 0 aliphatic heterocycles. The van der Waals surface area contributed by atoms with Crippen LogP contribution in [0.25, 0.3) is 0 Å². The normalized spacial score (nSPS) is 12.5. The van der Waals surface area contributed by atoms with E-state index in [0.29, 0.717) is 12.0 Å². The molecule has 1 unspecified atom stereocenters. The first-order valence-corrected chi connectivity index (χ1v) is 6.48. The van der Waals surface area contributed by atoms with Gasteiger partial charge in [-0.15, -0.1) is 0 Å². The Kier molecular flexibility index (Phi) is 4.01. The summed E-state index contributed by atoms with van der Waals surface area (Å²) in [4.78, 5) is 0. The van der Waals surface area contributed by atoms with Gasteiger partial charge < -0.3 is 5.11 Å². The number of rotatable bonds is 3. The average Bonchev–Trinajstić information content (AvgIpc) is 2.37. The van der Waals surface area contributed by atoms with Gasteiger partial charge in [0.15, 0.2) is 0 Å². The molecular formula is C17H19FO. The van der Waals surface area contributed by atoms with Crippen LogP contribution in [0.5, 0.6) is 0 Å². The molecule has 0 spiro atoms. The van der Waals surface area contributed by atoms with Crippen LogP contribution < -0.4 is 0 Å². The first-order chi connectivity index (χ1) is 8.99. The molecule has 1 atom stereocenters. The van der Waals surface area contributed by atoms with Crippen LogP contribution in [0, 0.1) is 26.6 Å². The molecule has 1 N–H and O–H groups in total. The smallest absolute Gasteiger partial charge is 0.123 e. The summed E-state index contributed by atoms with van der Waals surface area (Å²) in [5.41, 5.74) is 5.04. The summed E-state index contributed by atoms with van der Waals surface area (Å²) >= 11 is 0. The fourth-order valence-electron chi connectivity index (χ4n) is 2.44. The molecule has 100 valence electrons. The molecule has 0 aromatic heterocycles. The van der Waals surface area contributed by atoms with Crippen molar-refractivity contribution >= 4 is 0 Å². The Labute approximate surface area is 113 Å². The monoisotopic (exact) mass is 258 g/mol. The summed E-state index contributed by atoms with van der Waals surface area (Å²) in [7, 11) is 0. The SMILES string of the molecule is Cc1ccc(F)cc1C(O)Cc1c(C)cccc1C. The van der Waals surface area contributed by atoms with E-state index in [1.807, 2.05) is 39.0 Å². The van der Waals surface area contributed by atoms with Gasteiger partial charge in [0.25, 0.3) is 0 Å². The van der Waals surface area contributed by atoms with E-state index in [9.17, 15) is 9.50 Å². The third-order valence-electron chi connectivity index (χ3n) is 3.64. The second-order valence-corrected chi connectivity index (χ2v) is 5.09. The Balaban J connectivity index is 2.31. The highest BCUT2D eigenvalue weighted by molar-refractivity contribution is 5.36. The second-order valence-electron chi connectivity index (χ2n) is 5.09. The lowest BCUT2D eigenvalue weighted by Crippen LogP contribution is -2.07. The molecule has 2 aromatic rings. The van der Waals surface area contributed by atoms with Crippen LogP contribution in [0.3, 0.4) is 0 Å². The van der Waals surface area contributed by atoms with E-state index in [4.69, 9.17) is 0 Å². The molecule has 0 aliphatic rings. The van der Waals surface area contributed by atoms with E-state index in [-0.39, 0.29) is 5.82 Å². The molecule has 0 saturated carbocycles. The maximum atomic E-state index is 13.3. The average molecular weight is 258 g/mol. The minimum atomic E-state index is -0.671. The van der Waals surface area contributed by atoms with Gasteiger partial charge in [0.1, 0.15) is 5.82 Å². The van der Waals surface area contributed by atoms with Crippen LogP contribution in [0.1, 0.15) is 33.9 Å². The summed E-state index contributed by atoms with van der Waals surface area (Å²) in [6.45, 7) is 5.96. The molecule has 1 nitrogen and oxygen atoms in total. The van der Waals surface area contributed by atoms with Crippen LogP contribution in [-0.4, -0.2) is 5.11 Å². The third-order valence-corrected chi connectivity index (χ3v) is 3.64. The van der Waals surface area contributed by atoms with Crippen molar-refractivity contribution in [1.82, 2.24) is 0 Å². The van der Waals surface area contributed by atoms with E-state index in [1.165, 1.54) is 12.1 Å². The molecule has 0 saturated heterocycles. The molecule has 0 amide bonds. The molecule has 0 fully saturated rings. The van der Waals surface area contributed by atoms with Gasteiger partial charge in [-0.05, 0) is 60.7 Å². The minimum Gasteiger partial charge on any atom is -0.388 e. The summed E-state index contributed by atoms with van der Waals surface area (Å²) in [6, 6.07) is 10.6. The predicted octanol–water partition coefficient (Wildman–Crippen LogP) is 4.03. The van der Waals surface area contributed by atoms with Gasteiger partial charge in [0.2, 0.25) is 0 Å². The maximum Gasteiger partial charge on any atom is 0.123 e. The fraction of sp³-hybridized carbons (Fsp3) is 0.294. The Morgan fingerprint density at radius 3 is 2.26 bits per heavy atom. The molecule has 0 aliphatic carbocycles. The van der Waals surface area contributed by atoms with Crippen LogP contribution in [0.4, 0.5) is 4.39 Å². The topological polar surface area (TPSA) is 20.2 Å². The Morgan fingerprint density at radius 2 is 1.63 bits per heavy atom. The molecule has 2 rings (SSSR count). The summed E-state index contributed by atoms with van der Waals surface area (Å²) in [6.07, 6.45) is -0.154. The lowest BCUT2D eigenvalue weighted by atomic mass is 9.93. The zero-order valence-electron chi connectivity index (χ0n) is 11.6. The quantitative estimate of drug-likeness (QED) is 0.881. The van der Waals surface area contributed by atoms with Crippen LogP contribution in [0.15, 0.2) is 36.4 Å². The third kappa shape index (κ3) is 3.02. The minimum absolute atomic E-state index is 0.304. The van der Waals surface area contributed by atoms with Gasteiger partial charge in [-0.25, -0.2) is 4.39 Å². The van der Waals surface area contributed by atoms with Crippen LogP contribution >= 0.6 is 0 Å². The van der Waals surface area contributed by atoms with Gasteiger partial charge in [-0.3, -0.25) is 0 Å². The van der Waals surface area contributed by atoms with E-state index in [1.54, 1.807) is 6.07 Å². The molecular weight excluding hydrogens is 239 g/mol. The van der Waals surface area contributed by atoms with Crippen molar-refractivity contribution in [1.29, 1.82) is 0 Å². The van der Waals surface area contributed by atoms with Gasteiger partial charge in [-0.1, -0.05) is 24.3 Å². The van der Waals surface area contributed by atoms with Gasteiger partial charge >= 0.3 is 0 Å². The van der Waals surface area contributed by atoms with Crippen molar-refractivity contribution in [2.24, 2.45) is 0 Å². The first-order valence-electron chi connectivity index (χ1n) is 6.48. The lowest BCUT2D eigenvalue weighted by Gasteiger charge is -2.17. The first kappa shape index (κ1) is 13.8. The number of benzene rings is 2. The van der Waals surface area contributed by atoms with Crippen molar-refractivity contribution in [2.75, 3.05) is 0 Å². The summed E-state index contributed by atoms with van der Waals surface area (Å²) in [5, 5.41) is 10.4. The summed E-state index contributed by atoms with van der Waals surface area (Å²) in [5.74, 6) is -0.304. The highest BCUT2D eigenvalue weighted by Gasteiger charge is 2.14. The number of aliphatic hydroxyl groups excluding tert-OH is 1. The van der Waals surface area contributed by atoms with E-state index < -0.39 is 6.10 Å². The number of hydrogen-bond donors (Lipinski definition) is 1. The Morgan fingerprint density at radius 1 is 1.00 bits per heavy atom. The van der Waals surface area contributed by atoms with Gasteiger partial charge in [-0.2, -0.15) is 0 Å². The molecule has 0 heterocycles. The lowest BCUT2D eigenvalue weighted by molar-refractivity contribution is 0.177. The standard InChI is InChI=1S/C17H19FO/c1-11-5-4-6-12(2)15(11)10-17(19)16-9-14(18)8-7-13(16)3/h4-9,17,19H,10H2,1-3H3. The zero-order valence-corrected chi connectivity index (χ0v) is 11.6. The van der Waals surface area contributed by atoms with Crippen molar-refractivity contribution in [2.45, 2.75) is 33.3 Å². The fourth-order valence-corrected chi connectivity index (χ4v) is 2.44. The highest BCUT2D eigenvalue weighted by Crippen LogP contribution is 2.25. The number of aliphatic hydroxyl groups is 1. The van der Waals surface area contributed by atoms with Gasteiger partial charge in [0.05, 0.1) is 6.10 Å². The maximum absolute atomic E-state index is 13.3. The van der Waals surface area contributed by atoms with Crippen molar-refractivity contribution in [3.8, 4) is 0 Å². The van der Waals surface area contributed by atoms with Crippen molar-refractivity contribution in [3.63, 3.8) is 0 Å². The molecule has 0 bridgehead atoms. The Hall–Kier alpha value is -1.67. The van der Waals surface area contributed by atoms with E-state index >= 15 is 0 Å². The zero-order chi connectivity index (χ0) is 14.0. The van der Waals surface area contributed by atoms with E-state index in [0.717, 1.165) is 22.3 Å². The number of hydrogen-bond acceptors (Lipinski definition) is 1. The number of aryl methyl sites for hydroxylation is 3. The second kappa shape index (κ2) is 5.54. The molecule has 19 heavy (non-hydrogen) atoms. The van der Waals surface area contributed by atoms with E-state index in [2.05, 4.69) is 0 Å². The molecule has 2 aromatic carbocycles. The van der Waals surface area contributed by atoms with Crippen molar-refractivity contribution < 1.29 is 9.50 Å². The molecule has 2 heteroatoms. The number of halogens is 1. The largest absolute Gasteiger partial charge is 0.388 e. The van der Waals surface area contributed by atoms with Crippen LogP contribution in [-0.2, 0) is 6.42 Å². The highest BCUT2D eigenvalue weighted by atomic mass is 19.1. The molecule has 0 radical (unpaired) electrons. The Bertz CT molecular complexity index is 570. The van der Waals surface area contributed by atoms with Gasteiger partial charge in [0, 0.05) is 6.42 Å². The predicted molar refractivity (Wildman–Crippen MR) is 75.7 cm³/mol. The summed E-state index contributed by atoms with van der Waals surface area (Å²) < 4.78 is 13.3. The van der Waals surface area contributed by atoms with Crippen molar-refractivity contribution in [3.05, 3.63) is 70.0 Å². The van der Waals surface area contributed by atoms with Crippen LogP contribution in [0.2, 0.25) is 0 Å².